The molecular formula is C12H15ClN2O2S. The van der Waals surface area contributed by atoms with Gasteiger partial charge in [-0.2, -0.15) is 0 Å². The number of hydrogen-bond donors (Lipinski definition) is 2. The molecule has 0 saturated carbocycles. The molecule has 0 aromatic heterocycles. The molecule has 0 radical (unpaired) electrons. The fourth-order valence-corrected chi connectivity index (χ4v) is 2.18. The van der Waals surface area contributed by atoms with Crippen LogP contribution in [0, 0.1) is 0 Å². The molecule has 4 nitrogen and oxygen atoms in total. The Bertz CT molecular complexity index is 423. The van der Waals surface area contributed by atoms with Crippen LogP contribution in [-0.2, 0) is 4.79 Å². The summed E-state index contributed by atoms with van der Waals surface area (Å²) in [6, 6.07) is 6.73. The van der Waals surface area contributed by atoms with Gasteiger partial charge in [0.15, 0.2) is 0 Å². The van der Waals surface area contributed by atoms with Crippen molar-refractivity contribution in [2.24, 2.45) is 0 Å². The number of benzene rings is 1. The minimum absolute atomic E-state index is 0.319. The summed E-state index contributed by atoms with van der Waals surface area (Å²) in [4.78, 5) is 23.8. The number of thioether (sulfide) groups is 1. The number of hydrogen-bond acceptors (Lipinski definition) is 3. The van der Waals surface area contributed by atoms with Gasteiger partial charge in [-0.15, -0.1) is 11.8 Å². The molecule has 1 unspecified atom stereocenters. The Hall–Kier alpha value is -1.20. The van der Waals surface area contributed by atoms with Gasteiger partial charge in [0.05, 0.1) is 5.25 Å². The van der Waals surface area contributed by atoms with E-state index in [1.807, 2.05) is 12.1 Å². The van der Waals surface area contributed by atoms with Crippen molar-refractivity contribution in [1.29, 1.82) is 0 Å². The van der Waals surface area contributed by atoms with Gasteiger partial charge in [-0.25, -0.2) is 4.79 Å². The summed E-state index contributed by atoms with van der Waals surface area (Å²) >= 11 is 7.14. The van der Waals surface area contributed by atoms with E-state index in [2.05, 4.69) is 10.6 Å². The van der Waals surface area contributed by atoms with Crippen molar-refractivity contribution in [3.63, 3.8) is 0 Å². The van der Waals surface area contributed by atoms with Crippen LogP contribution >= 0.6 is 23.4 Å². The molecule has 2 N–H and O–H groups in total. The third-order valence-corrected chi connectivity index (χ3v) is 3.43. The predicted molar refractivity (Wildman–Crippen MR) is 74.0 cm³/mol. The maximum atomic E-state index is 11.7. The largest absolute Gasteiger partial charge is 0.338 e. The molecule has 1 aromatic carbocycles. The Morgan fingerprint density at radius 1 is 1.33 bits per heavy atom. The Morgan fingerprint density at radius 2 is 1.94 bits per heavy atom. The zero-order valence-electron chi connectivity index (χ0n) is 10.2. The number of halogens is 1. The molecule has 1 aromatic rings. The van der Waals surface area contributed by atoms with Crippen molar-refractivity contribution in [1.82, 2.24) is 10.6 Å². The quantitative estimate of drug-likeness (QED) is 0.837. The number of urea groups is 1. The van der Waals surface area contributed by atoms with Crippen LogP contribution in [-0.4, -0.2) is 23.7 Å². The van der Waals surface area contributed by atoms with Gasteiger partial charge >= 0.3 is 6.03 Å². The van der Waals surface area contributed by atoms with Gasteiger partial charge in [0, 0.05) is 16.5 Å². The summed E-state index contributed by atoms with van der Waals surface area (Å²) in [7, 11) is 0. The first kappa shape index (κ1) is 14.9. The number of nitrogens with one attached hydrogen (secondary N) is 2. The number of imide groups is 1. The summed E-state index contributed by atoms with van der Waals surface area (Å²) in [5.41, 5.74) is 0. The van der Waals surface area contributed by atoms with E-state index in [4.69, 9.17) is 11.6 Å². The predicted octanol–water partition coefficient (Wildman–Crippen LogP) is 2.67. The highest BCUT2D eigenvalue weighted by Crippen LogP contribution is 2.24. The molecule has 0 aliphatic heterocycles. The zero-order valence-corrected chi connectivity index (χ0v) is 11.8. The number of carbonyl (C=O) groups excluding carboxylic acids is 2. The molecule has 0 aliphatic rings. The van der Waals surface area contributed by atoms with Crippen LogP contribution in [0.3, 0.4) is 0 Å². The van der Waals surface area contributed by atoms with E-state index in [-0.39, 0.29) is 11.2 Å². The molecule has 18 heavy (non-hydrogen) atoms. The molecule has 0 fully saturated rings. The Kier molecular flexibility index (Phi) is 6.01. The molecule has 0 bridgehead atoms. The Balaban J connectivity index is 2.49. The summed E-state index contributed by atoms with van der Waals surface area (Å²) in [6.07, 6.45) is 0. The summed E-state index contributed by atoms with van der Waals surface area (Å²) < 4.78 is 0. The molecule has 0 heterocycles. The highest BCUT2D eigenvalue weighted by Gasteiger charge is 2.16. The monoisotopic (exact) mass is 286 g/mol. The van der Waals surface area contributed by atoms with Crippen LogP contribution in [0.4, 0.5) is 4.79 Å². The number of amides is 3. The first-order valence-electron chi connectivity index (χ1n) is 5.54. The molecule has 1 rings (SSSR count). The lowest BCUT2D eigenvalue weighted by atomic mass is 10.4. The van der Waals surface area contributed by atoms with Gasteiger partial charge in [-0.1, -0.05) is 11.6 Å². The first-order chi connectivity index (χ1) is 8.52. The topological polar surface area (TPSA) is 58.2 Å². The fraction of sp³-hybridized carbons (Fsp3) is 0.333. The number of carbonyl (C=O) groups is 2. The highest BCUT2D eigenvalue weighted by molar-refractivity contribution is 8.00. The molecule has 1 atom stereocenters. The minimum Gasteiger partial charge on any atom is -0.338 e. The maximum absolute atomic E-state index is 11.7. The van der Waals surface area contributed by atoms with Gasteiger partial charge in [0.1, 0.15) is 0 Å². The second kappa shape index (κ2) is 7.28. The molecule has 3 amide bonds. The summed E-state index contributed by atoms with van der Waals surface area (Å²) in [5, 5.41) is 5.08. The van der Waals surface area contributed by atoms with Crippen molar-refractivity contribution < 1.29 is 9.59 Å². The van der Waals surface area contributed by atoms with E-state index in [9.17, 15) is 9.59 Å². The maximum Gasteiger partial charge on any atom is 0.321 e. The summed E-state index contributed by atoms with van der Waals surface area (Å²) in [5.74, 6) is -0.319. The standard InChI is InChI=1S/C12H15ClN2O2S/c1-3-14-12(17)15-11(16)8(2)18-10-6-4-9(13)5-7-10/h4-8H,3H2,1-2H3,(H2,14,15,16,17). The van der Waals surface area contributed by atoms with Crippen LogP contribution in [0.25, 0.3) is 0 Å². The Morgan fingerprint density at radius 3 is 2.50 bits per heavy atom. The normalized spacial score (nSPS) is 11.7. The van der Waals surface area contributed by atoms with Crippen molar-refractivity contribution in [3.8, 4) is 0 Å². The second-order valence-corrected chi connectivity index (χ2v) is 5.41. The summed E-state index contributed by atoms with van der Waals surface area (Å²) in [6.45, 7) is 4.02. The van der Waals surface area contributed by atoms with E-state index in [1.165, 1.54) is 11.8 Å². The fourth-order valence-electron chi connectivity index (χ4n) is 1.19. The minimum atomic E-state index is -0.467. The second-order valence-electron chi connectivity index (χ2n) is 3.56. The van der Waals surface area contributed by atoms with Crippen molar-refractivity contribution >= 4 is 35.3 Å². The average Bonchev–Trinajstić information content (AvgIpc) is 2.32. The van der Waals surface area contributed by atoms with Gasteiger partial charge < -0.3 is 5.32 Å². The van der Waals surface area contributed by atoms with Crippen molar-refractivity contribution in [2.45, 2.75) is 24.0 Å². The lowest BCUT2D eigenvalue weighted by Crippen LogP contribution is -2.42. The first-order valence-corrected chi connectivity index (χ1v) is 6.79. The van der Waals surface area contributed by atoms with E-state index < -0.39 is 6.03 Å². The van der Waals surface area contributed by atoms with Crippen LogP contribution < -0.4 is 10.6 Å². The molecule has 0 aliphatic carbocycles. The SMILES string of the molecule is CCNC(=O)NC(=O)C(C)Sc1ccc(Cl)cc1. The van der Waals surface area contributed by atoms with Crippen LogP contribution in [0.2, 0.25) is 5.02 Å². The van der Waals surface area contributed by atoms with Crippen LogP contribution in [0.5, 0.6) is 0 Å². The van der Waals surface area contributed by atoms with Gasteiger partial charge in [0.2, 0.25) is 5.91 Å². The third kappa shape index (κ3) is 4.98. The van der Waals surface area contributed by atoms with E-state index >= 15 is 0 Å². The van der Waals surface area contributed by atoms with Gasteiger partial charge in [0.25, 0.3) is 0 Å². The van der Waals surface area contributed by atoms with Crippen molar-refractivity contribution in [3.05, 3.63) is 29.3 Å². The van der Waals surface area contributed by atoms with Gasteiger partial charge in [-0.05, 0) is 38.1 Å². The van der Waals surface area contributed by atoms with E-state index in [0.29, 0.717) is 11.6 Å². The average molecular weight is 287 g/mol. The molecule has 0 spiro atoms. The lowest BCUT2D eigenvalue weighted by Gasteiger charge is -2.11. The zero-order chi connectivity index (χ0) is 13.5. The smallest absolute Gasteiger partial charge is 0.321 e. The van der Waals surface area contributed by atoms with Gasteiger partial charge in [-0.3, -0.25) is 10.1 Å². The molecule has 0 saturated heterocycles. The highest BCUT2D eigenvalue weighted by atomic mass is 35.5. The lowest BCUT2D eigenvalue weighted by molar-refractivity contribution is -0.119. The molecule has 6 heteroatoms. The van der Waals surface area contributed by atoms with Crippen LogP contribution in [0.1, 0.15) is 13.8 Å². The van der Waals surface area contributed by atoms with Crippen molar-refractivity contribution in [2.75, 3.05) is 6.54 Å². The van der Waals surface area contributed by atoms with E-state index in [0.717, 1.165) is 4.90 Å². The van der Waals surface area contributed by atoms with Crippen LogP contribution in [0.15, 0.2) is 29.2 Å². The Labute approximate surface area is 115 Å². The van der Waals surface area contributed by atoms with E-state index in [1.54, 1.807) is 26.0 Å². The molecule has 98 valence electrons. The number of rotatable bonds is 4. The molecular weight excluding hydrogens is 272 g/mol. The third-order valence-electron chi connectivity index (χ3n) is 2.07.